The largest absolute Gasteiger partial charge is 0.338 e. The van der Waals surface area contributed by atoms with E-state index < -0.39 is 11.6 Å². The van der Waals surface area contributed by atoms with Gasteiger partial charge >= 0.3 is 0 Å². The molecule has 1 saturated carbocycles. The van der Waals surface area contributed by atoms with Gasteiger partial charge in [-0.1, -0.05) is 61.3 Å². The number of nitrogens with zero attached hydrogens (tertiary/aromatic N) is 5. The Hall–Kier alpha value is -2.52. The van der Waals surface area contributed by atoms with Crippen LogP contribution in [-0.4, -0.2) is 80.9 Å². The molecular weight excluding hydrogens is 625 g/mol. The number of rotatable bonds is 5. The molecule has 238 valence electrons. The van der Waals surface area contributed by atoms with E-state index in [0.717, 1.165) is 60.9 Å². The van der Waals surface area contributed by atoms with Crippen LogP contribution in [0.5, 0.6) is 0 Å². The zero-order chi connectivity index (χ0) is 31.8. The van der Waals surface area contributed by atoms with Crippen LogP contribution in [0.4, 0.5) is 0 Å². The first-order valence-electron chi connectivity index (χ1n) is 16.1. The van der Waals surface area contributed by atoms with Gasteiger partial charge in [0.15, 0.2) is 5.17 Å². The highest BCUT2D eigenvalue weighted by Crippen LogP contribution is 2.56. The lowest BCUT2D eigenvalue weighted by Crippen LogP contribution is -2.59. The Kier molecular flexibility index (Phi) is 7.82. The molecule has 2 saturated heterocycles. The molecule has 0 radical (unpaired) electrons. The van der Waals surface area contributed by atoms with Crippen molar-refractivity contribution in [2.75, 3.05) is 26.7 Å². The van der Waals surface area contributed by atoms with Gasteiger partial charge in [0.05, 0.1) is 6.04 Å². The maximum absolute atomic E-state index is 14.7. The van der Waals surface area contributed by atoms with E-state index in [1.54, 1.807) is 0 Å². The van der Waals surface area contributed by atoms with Crippen LogP contribution in [0.15, 0.2) is 64.1 Å². The number of likely N-dealkylation sites (N-methyl/N-ethyl adjacent to an activating group) is 1. The van der Waals surface area contributed by atoms with Crippen LogP contribution in [0, 0.1) is 5.92 Å². The van der Waals surface area contributed by atoms with Crippen LogP contribution in [-0.2, 0) is 15.1 Å². The molecule has 5 aliphatic rings. The van der Waals surface area contributed by atoms with Gasteiger partial charge < -0.3 is 14.7 Å². The molecule has 7 nitrogen and oxygen atoms in total. The van der Waals surface area contributed by atoms with E-state index in [2.05, 4.69) is 56.7 Å². The number of amidine groups is 1. The second-order valence-electron chi connectivity index (χ2n) is 13.9. The Morgan fingerprint density at radius 3 is 2.24 bits per heavy atom. The minimum Gasteiger partial charge on any atom is -0.338 e. The Balaban J connectivity index is 1.25. The van der Waals surface area contributed by atoms with Gasteiger partial charge in [-0.3, -0.25) is 14.5 Å². The van der Waals surface area contributed by atoms with Gasteiger partial charge in [0.1, 0.15) is 16.5 Å². The van der Waals surface area contributed by atoms with Crippen LogP contribution < -0.4 is 0 Å². The minimum absolute atomic E-state index is 0.0147. The Morgan fingerprint density at radius 1 is 0.978 bits per heavy atom. The fraction of sp³-hybridized carbons (Fsp3) is 0.514. The van der Waals surface area contributed by atoms with Crippen molar-refractivity contribution in [1.82, 2.24) is 19.6 Å². The number of allylic oxidation sites excluding steroid dienone is 1. The van der Waals surface area contributed by atoms with Crippen LogP contribution in [0.2, 0.25) is 10.0 Å². The van der Waals surface area contributed by atoms with Crippen molar-refractivity contribution in [3.63, 3.8) is 0 Å². The van der Waals surface area contributed by atoms with Crippen molar-refractivity contribution >= 4 is 51.9 Å². The second-order valence-corrected chi connectivity index (χ2v) is 15.8. The highest BCUT2D eigenvalue weighted by molar-refractivity contribution is 8.18. The summed E-state index contributed by atoms with van der Waals surface area (Å²) in [5.74, 6) is 0.0994. The zero-order valence-electron chi connectivity index (χ0n) is 26.6. The van der Waals surface area contributed by atoms with E-state index in [0.29, 0.717) is 21.4 Å². The molecule has 0 bridgehead atoms. The highest BCUT2D eigenvalue weighted by atomic mass is 35.5. The van der Waals surface area contributed by atoms with E-state index in [9.17, 15) is 9.59 Å². The predicted molar refractivity (Wildman–Crippen MR) is 182 cm³/mol. The standard InChI is InChI=1S/C35H41Cl2N5O2S/c1-21(2)28-29(32(44)41-22(3)6-15-27(41)31(43)40-19-18-39(5)35(20-40)16-17-35)45-33-38-34(4,24-9-13-26(37)14-10-24)30(42(28)33)23-7-11-25(36)12-8-23/h7-14,21-22,27,30H,6,15-20H2,1-5H3/t22-,27+,30-,34+/m1/s1. The third kappa shape index (κ3) is 5.11. The second kappa shape index (κ2) is 11.3. The van der Waals surface area contributed by atoms with Gasteiger partial charge in [0, 0.05) is 47.0 Å². The van der Waals surface area contributed by atoms with Gasteiger partial charge in [-0.25, -0.2) is 4.99 Å². The Labute approximate surface area is 280 Å². The number of hydrogen-bond acceptors (Lipinski definition) is 6. The minimum atomic E-state index is -0.630. The Bertz CT molecular complexity index is 1590. The summed E-state index contributed by atoms with van der Waals surface area (Å²) in [6.07, 6.45) is 3.80. The molecule has 2 aromatic carbocycles. The summed E-state index contributed by atoms with van der Waals surface area (Å²) in [6, 6.07) is 15.2. The SMILES string of the molecule is CC(C)C1=C(C(=O)N2[C@H](C)CC[C@H]2C(=O)N2CCN(C)C3(CC3)C2)SC2=N[C@@](C)(c3ccc(Cl)cc3)[C@@H](c3ccc(Cl)cc3)N21. The fourth-order valence-electron chi connectivity index (χ4n) is 7.90. The quantitative estimate of drug-likeness (QED) is 0.347. The summed E-state index contributed by atoms with van der Waals surface area (Å²) in [6.45, 7) is 10.9. The maximum Gasteiger partial charge on any atom is 0.263 e. The van der Waals surface area contributed by atoms with Gasteiger partial charge in [0.2, 0.25) is 5.91 Å². The molecule has 10 heteroatoms. The first-order valence-corrected chi connectivity index (χ1v) is 17.7. The third-order valence-corrected chi connectivity index (χ3v) is 12.3. The maximum atomic E-state index is 14.7. The molecule has 3 fully saturated rings. The lowest BCUT2D eigenvalue weighted by molar-refractivity contribution is -0.145. The van der Waals surface area contributed by atoms with Gasteiger partial charge in [-0.05, 0) is 99.7 Å². The molecule has 4 atom stereocenters. The molecule has 0 N–H and O–H groups in total. The molecule has 0 aromatic heterocycles. The summed E-state index contributed by atoms with van der Waals surface area (Å²) in [5.41, 5.74) is 2.58. The van der Waals surface area contributed by atoms with Crippen molar-refractivity contribution in [1.29, 1.82) is 0 Å². The number of carbonyl (C=O) groups excluding carboxylic acids is 2. The van der Waals surface area contributed by atoms with Crippen molar-refractivity contribution in [2.45, 2.75) is 82.6 Å². The topological polar surface area (TPSA) is 59.5 Å². The van der Waals surface area contributed by atoms with Crippen LogP contribution in [0.3, 0.4) is 0 Å². The number of piperazine rings is 1. The van der Waals surface area contributed by atoms with Crippen molar-refractivity contribution in [3.05, 3.63) is 80.3 Å². The predicted octanol–water partition coefficient (Wildman–Crippen LogP) is 6.92. The number of hydrogen-bond donors (Lipinski definition) is 0. The number of fused-ring (bicyclic) bond motifs is 1. The normalized spacial score (nSPS) is 29.2. The van der Waals surface area contributed by atoms with E-state index in [-0.39, 0.29) is 35.4 Å². The Morgan fingerprint density at radius 2 is 1.62 bits per heavy atom. The van der Waals surface area contributed by atoms with E-state index in [4.69, 9.17) is 28.2 Å². The van der Waals surface area contributed by atoms with Gasteiger partial charge in [-0.2, -0.15) is 0 Å². The van der Waals surface area contributed by atoms with Crippen LogP contribution >= 0.6 is 35.0 Å². The summed E-state index contributed by atoms with van der Waals surface area (Å²) < 4.78 is 0. The van der Waals surface area contributed by atoms with Crippen molar-refractivity contribution in [2.24, 2.45) is 10.9 Å². The molecule has 2 aromatic rings. The number of halogens is 2. The lowest BCUT2D eigenvalue weighted by atomic mass is 9.81. The number of carbonyl (C=O) groups is 2. The lowest BCUT2D eigenvalue weighted by Gasteiger charge is -2.42. The van der Waals surface area contributed by atoms with Crippen LogP contribution in [0.1, 0.15) is 70.5 Å². The molecule has 2 amide bonds. The van der Waals surface area contributed by atoms with Gasteiger partial charge in [-0.15, -0.1) is 0 Å². The molecule has 1 spiro atoms. The summed E-state index contributed by atoms with van der Waals surface area (Å²) in [7, 11) is 2.17. The van der Waals surface area contributed by atoms with E-state index in [1.165, 1.54) is 11.8 Å². The average molecular weight is 667 g/mol. The third-order valence-electron chi connectivity index (χ3n) is 10.7. The molecule has 4 heterocycles. The smallest absolute Gasteiger partial charge is 0.263 e. The zero-order valence-corrected chi connectivity index (χ0v) is 28.9. The molecule has 0 unspecified atom stereocenters. The molecule has 7 rings (SSSR count). The number of benzene rings is 2. The summed E-state index contributed by atoms with van der Waals surface area (Å²) in [5, 5.41) is 2.15. The van der Waals surface area contributed by atoms with E-state index in [1.807, 2.05) is 46.2 Å². The number of aliphatic imine (C=N–C) groups is 1. The first kappa shape index (κ1) is 31.1. The van der Waals surface area contributed by atoms with Crippen molar-refractivity contribution in [3.8, 4) is 0 Å². The first-order chi connectivity index (χ1) is 21.4. The fourth-order valence-corrected chi connectivity index (χ4v) is 9.50. The number of likely N-dealkylation sites (tertiary alicyclic amines) is 1. The van der Waals surface area contributed by atoms with Crippen LogP contribution in [0.25, 0.3) is 0 Å². The number of thioether (sulfide) groups is 1. The number of amides is 2. The van der Waals surface area contributed by atoms with Gasteiger partial charge in [0.25, 0.3) is 5.91 Å². The summed E-state index contributed by atoms with van der Waals surface area (Å²) in [4.78, 5) is 43.4. The van der Waals surface area contributed by atoms with Crippen molar-refractivity contribution < 1.29 is 9.59 Å². The molecule has 45 heavy (non-hydrogen) atoms. The average Bonchev–Trinajstić information content (AvgIpc) is 3.38. The summed E-state index contributed by atoms with van der Waals surface area (Å²) >= 11 is 14.1. The van der Waals surface area contributed by atoms with E-state index >= 15 is 0 Å². The molecule has 1 aliphatic carbocycles. The molecular formula is C35H41Cl2N5O2S. The molecule has 4 aliphatic heterocycles. The monoisotopic (exact) mass is 665 g/mol. The highest BCUT2D eigenvalue weighted by Gasteiger charge is 2.55.